The number of imidazole rings is 1. The molecule has 2 heterocycles. The van der Waals surface area contributed by atoms with E-state index in [0.717, 1.165) is 19.0 Å². The summed E-state index contributed by atoms with van der Waals surface area (Å²) in [5, 5.41) is 0.641. The Kier molecular flexibility index (Phi) is 4.90. The summed E-state index contributed by atoms with van der Waals surface area (Å²) in [6.07, 6.45) is 3.71. The van der Waals surface area contributed by atoms with E-state index in [1.165, 1.54) is 0 Å². The van der Waals surface area contributed by atoms with Crippen LogP contribution in [0.15, 0.2) is 36.7 Å². The molecule has 1 aliphatic rings. The summed E-state index contributed by atoms with van der Waals surface area (Å²) in [7, 11) is 1.98. The second-order valence-corrected chi connectivity index (χ2v) is 7.12. The van der Waals surface area contributed by atoms with Crippen molar-refractivity contribution in [3.8, 4) is 5.75 Å². The third-order valence-electron chi connectivity index (χ3n) is 4.35. The molecule has 1 aromatic heterocycles. The van der Waals surface area contributed by atoms with Crippen LogP contribution in [-0.2, 0) is 11.8 Å². The van der Waals surface area contributed by atoms with E-state index < -0.39 is 5.60 Å². The predicted molar refractivity (Wildman–Crippen MR) is 98.2 cm³/mol. The Hall–Kier alpha value is -2.21. The molecule has 0 atom stereocenters. The maximum absolute atomic E-state index is 12.9. The Balaban J connectivity index is 1.61. The van der Waals surface area contributed by atoms with E-state index in [2.05, 4.69) is 9.88 Å². The van der Waals surface area contributed by atoms with E-state index in [1.54, 1.807) is 44.3 Å². The molecular weight excluding hydrogens is 340 g/mol. The van der Waals surface area contributed by atoms with Gasteiger partial charge in [-0.25, -0.2) is 4.98 Å². The van der Waals surface area contributed by atoms with Crippen molar-refractivity contribution in [2.24, 2.45) is 7.05 Å². The molecule has 0 saturated carbocycles. The van der Waals surface area contributed by atoms with Crippen LogP contribution in [0.1, 0.15) is 13.8 Å². The third-order valence-corrected chi connectivity index (χ3v) is 4.60. The first kappa shape index (κ1) is 17.6. The number of anilines is 1. The van der Waals surface area contributed by atoms with E-state index >= 15 is 0 Å². The van der Waals surface area contributed by atoms with Gasteiger partial charge in [-0.05, 0) is 38.1 Å². The Morgan fingerprint density at radius 2 is 1.80 bits per heavy atom. The van der Waals surface area contributed by atoms with Crippen molar-refractivity contribution in [3.05, 3.63) is 41.7 Å². The van der Waals surface area contributed by atoms with Gasteiger partial charge < -0.3 is 19.1 Å². The lowest BCUT2D eigenvalue weighted by molar-refractivity contribution is -0.145. The van der Waals surface area contributed by atoms with Gasteiger partial charge in [-0.2, -0.15) is 0 Å². The first-order chi connectivity index (χ1) is 11.9. The fourth-order valence-electron chi connectivity index (χ4n) is 2.99. The fraction of sp³-hybridized carbons (Fsp3) is 0.444. The van der Waals surface area contributed by atoms with Crippen LogP contribution in [0.4, 0.5) is 5.95 Å². The van der Waals surface area contributed by atoms with Gasteiger partial charge in [0.15, 0.2) is 5.60 Å². The van der Waals surface area contributed by atoms with E-state index in [1.807, 2.05) is 22.7 Å². The van der Waals surface area contributed by atoms with Crippen LogP contribution in [0.3, 0.4) is 0 Å². The maximum Gasteiger partial charge on any atom is 0.266 e. The molecule has 0 radical (unpaired) electrons. The minimum atomic E-state index is -0.931. The van der Waals surface area contributed by atoms with Crippen molar-refractivity contribution in [1.82, 2.24) is 14.5 Å². The number of carbonyl (C=O) groups excluding carboxylic acids is 1. The average molecular weight is 363 g/mol. The summed E-state index contributed by atoms with van der Waals surface area (Å²) in [5.74, 6) is 1.56. The van der Waals surface area contributed by atoms with Gasteiger partial charge in [0.1, 0.15) is 5.75 Å². The molecule has 0 bridgehead atoms. The molecule has 1 aromatic carbocycles. The first-order valence-corrected chi connectivity index (χ1v) is 8.71. The largest absolute Gasteiger partial charge is 0.478 e. The number of aromatic nitrogens is 2. The number of ether oxygens (including phenoxy) is 1. The van der Waals surface area contributed by atoms with Crippen molar-refractivity contribution in [2.75, 3.05) is 31.1 Å². The summed E-state index contributed by atoms with van der Waals surface area (Å²) in [6.45, 7) is 6.42. The van der Waals surface area contributed by atoms with Gasteiger partial charge in [0, 0.05) is 50.6 Å². The summed E-state index contributed by atoms with van der Waals surface area (Å²) in [4.78, 5) is 21.3. The quantitative estimate of drug-likeness (QED) is 0.838. The zero-order chi connectivity index (χ0) is 18.0. The molecule has 134 valence electrons. The zero-order valence-electron chi connectivity index (χ0n) is 14.8. The van der Waals surface area contributed by atoms with Gasteiger partial charge in [-0.1, -0.05) is 11.6 Å². The number of nitrogens with zero attached hydrogens (tertiary/aromatic N) is 4. The van der Waals surface area contributed by atoms with Crippen LogP contribution in [0, 0.1) is 0 Å². The molecule has 1 amide bonds. The minimum absolute atomic E-state index is 0.0121. The highest BCUT2D eigenvalue weighted by Crippen LogP contribution is 2.23. The Morgan fingerprint density at radius 3 is 2.36 bits per heavy atom. The molecular formula is C18H23ClN4O2. The van der Waals surface area contributed by atoms with Gasteiger partial charge in [-0.15, -0.1) is 0 Å². The second-order valence-electron chi connectivity index (χ2n) is 6.68. The lowest BCUT2D eigenvalue weighted by atomic mass is 10.1. The smallest absolute Gasteiger partial charge is 0.266 e. The Labute approximate surface area is 153 Å². The molecule has 0 spiro atoms. The number of carbonyl (C=O) groups is 1. The van der Waals surface area contributed by atoms with Gasteiger partial charge in [0.2, 0.25) is 5.95 Å². The minimum Gasteiger partial charge on any atom is -0.478 e. The summed E-state index contributed by atoms with van der Waals surface area (Å²) < 4.78 is 7.90. The molecule has 1 saturated heterocycles. The molecule has 3 rings (SSSR count). The van der Waals surface area contributed by atoms with Gasteiger partial charge in [-0.3, -0.25) is 4.79 Å². The number of rotatable bonds is 4. The van der Waals surface area contributed by atoms with Crippen molar-refractivity contribution >= 4 is 23.5 Å². The van der Waals surface area contributed by atoms with Gasteiger partial charge in [0.25, 0.3) is 5.91 Å². The second kappa shape index (κ2) is 6.96. The number of hydrogen-bond donors (Lipinski definition) is 0. The van der Waals surface area contributed by atoms with Crippen molar-refractivity contribution in [1.29, 1.82) is 0 Å². The molecule has 1 fully saturated rings. The Morgan fingerprint density at radius 1 is 1.16 bits per heavy atom. The van der Waals surface area contributed by atoms with E-state index in [0.29, 0.717) is 23.9 Å². The summed E-state index contributed by atoms with van der Waals surface area (Å²) in [5.41, 5.74) is -0.931. The fourth-order valence-corrected chi connectivity index (χ4v) is 3.12. The van der Waals surface area contributed by atoms with Crippen LogP contribution in [0.2, 0.25) is 5.02 Å². The number of piperazine rings is 1. The topological polar surface area (TPSA) is 50.6 Å². The van der Waals surface area contributed by atoms with E-state index in [4.69, 9.17) is 16.3 Å². The normalized spacial score (nSPS) is 15.4. The standard InChI is InChI=1S/C18H23ClN4O2/c1-18(2,25-15-6-4-14(19)5-7-15)16(24)22-10-12-23(13-11-22)17-20-8-9-21(17)3/h4-9H,10-13H2,1-3H3. The molecule has 25 heavy (non-hydrogen) atoms. The average Bonchev–Trinajstić information content (AvgIpc) is 3.02. The number of amides is 1. The first-order valence-electron chi connectivity index (χ1n) is 8.33. The Bertz CT molecular complexity index is 734. The highest BCUT2D eigenvalue weighted by Gasteiger charge is 2.36. The number of hydrogen-bond acceptors (Lipinski definition) is 4. The van der Waals surface area contributed by atoms with Crippen LogP contribution in [-0.4, -0.2) is 52.1 Å². The van der Waals surface area contributed by atoms with Crippen molar-refractivity contribution in [2.45, 2.75) is 19.4 Å². The van der Waals surface area contributed by atoms with Gasteiger partial charge >= 0.3 is 0 Å². The number of aryl methyl sites for hydroxylation is 1. The van der Waals surface area contributed by atoms with Crippen LogP contribution in [0.25, 0.3) is 0 Å². The molecule has 0 aliphatic carbocycles. The molecule has 2 aromatic rings. The molecule has 0 N–H and O–H groups in total. The van der Waals surface area contributed by atoms with Crippen LogP contribution >= 0.6 is 11.6 Å². The lowest BCUT2D eigenvalue weighted by Crippen LogP contribution is -2.56. The van der Waals surface area contributed by atoms with Crippen LogP contribution < -0.4 is 9.64 Å². The number of halogens is 1. The van der Waals surface area contributed by atoms with E-state index in [9.17, 15) is 4.79 Å². The molecule has 6 nitrogen and oxygen atoms in total. The molecule has 1 aliphatic heterocycles. The third kappa shape index (κ3) is 3.90. The zero-order valence-corrected chi connectivity index (χ0v) is 15.5. The molecule has 0 unspecified atom stereocenters. The summed E-state index contributed by atoms with van der Waals surface area (Å²) in [6, 6.07) is 7.05. The lowest BCUT2D eigenvalue weighted by Gasteiger charge is -2.38. The predicted octanol–water partition coefficient (Wildman–Crippen LogP) is 2.58. The van der Waals surface area contributed by atoms with Crippen molar-refractivity contribution < 1.29 is 9.53 Å². The monoisotopic (exact) mass is 362 g/mol. The SMILES string of the molecule is Cn1ccnc1N1CCN(C(=O)C(C)(C)Oc2ccc(Cl)cc2)CC1. The van der Waals surface area contributed by atoms with E-state index in [-0.39, 0.29) is 5.91 Å². The number of benzene rings is 1. The maximum atomic E-state index is 12.9. The summed E-state index contributed by atoms with van der Waals surface area (Å²) >= 11 is 5.89. The highest BCUT2D eigenvalue weighted by atomic mass is 35.5. The molecule has 7 heteroatoms. The van der Waals surface area contributed by atoms with Gasteiger partial charge in [0.05, 0.1) is 0 Å². The highest BCUT2D eigenvalue weighted by molar-refractivity contribution is 6.30. The van der Waals surface area contributed by atoms with Crippen LogP contribution in [0.5, 0.6) is 5.75 Å². The van der Waals surface area contributed by atoms with Crippen molar-refractivity contribution in [3.63, 3.8) is 0 Å².